The minimum Gasteiger partial charge on any atom is -0.468 e. The second kappa shape index (κ2) is 8.75. The molecular formula is C19H19BrN2O4S. The molecule has 8 heteroatoms. The molecule has 0 spiro atoms. The van der Waals surface area contributed by atoms with E-state index in [1.165, 1.54) is 18.0 Å². The number of aromatic nitrogens is 2. The zero-order chi connectivity index (χ0) is 19.4. The molecule has 1 aromatic carbocycles. The lowest BCUT2D eigenvalue weighted by atomic mass is 10.2. The summed E-state index contributed by atoms with van der Waals surface area (Å²) in [6.45, 7) is 4.64. The fraction of sp³-hybridized carbons (Fsp3) is 0.316. The van der Waals surface area contributed by atoms with Crippen LogP contribution in [0.2, 0.25) is 0 Å². The molecule has 0 saturated heterocycles. The van der Waals surface area contributed by atoms with Gasteiger partial charge in [0.15, 0.2) is 5.16 Å². The molecule has 0 atom stereocenters. The van der Waals surface area contributed by atoms with Gasteiger partial charge in [-0.2, -0.15) is 0 Å². The number of hydrogen-bond donors (Lipinski definition) is 0. The van der Waals surface area contributed by atoms with Gasteiger partial charge < -0.3 is 9.15 Å². The van der Waals surface area contributed by atoms with Gasteiger partial charge in [-0.25, -0.2) is 9.78 Å². The van der Waals surface area contributed by atoms with Crippen molar-refractivity contribution in [2.24, 2.45) is 0 Å². The van der Waals surface area contributed by atoms with Gasteiger partial charge in [0.1, 0.15) is 11.3 Å². The summed E-state index contributed by atoms with van der Waals surface area (Å²) in [6.07, 6.45) is 2.27. The second-order valence-corrected chi connectivity index (χ2v) is 7.64. The molecule has 27 heavy (non-hydrogen) atoms. The van der Waals surface area contributed by atoms with Gasteiger partial charge in [0.2, 0.25) is 0 Å². The van der Waals surface area contributed by atoms with E-state index in [-0.39, 0.29) is 5.56 Å². The minimum atomic E-state index is -0.413. The van der Waals surface area contributed by atoms with Crippen LogP contribution in [0.4, 0.5) is 0 Å². The zero-order valence-electron chi connectivity index (χ0n) is 15.0. The molecule has 0 saturated carbocycles. The van der Waals surface area contributed by atoms with Crippen LogP contribution in [0.1, 0.15) is 36.4 Å². The van der Waals surface area contributed by atoms with Crippen LogP contribution in [-0.4, -0.2) is 22.1 Å². The Kier molecular flexibility index (Phi) is 6.38. The molecule has 0 N–H and O–H groups in total. The van der Waals surface area contributed by atoms with E-state index in [4.69, 9.17) is 9.15 Å². The van der Waals surface area contributed by atoms with Crippen molar-refractivity contribution in [3.8, 4) is 0 Å². The van der Waals surface area contributed by atoms with Crippen LogP contribution in [0.3, 0.4) is 0 Å². The molecule has 2 heterocycles. The summed E-state index contributed by atoms with van der Waals surface area (Å²) in [6, 6.07) is 7.06. The van der Waals surface area contributed by atoms with Crippen LogP contribution in [-0.2, 0) is 17.0 Å². The van der Waals surface area contributed by atoms with E-state index in [1.807, 2.05) is 19.1 Å². The summed E-state index contributed by atoms with van der Waals surface area (Å²) < 4.78 is 13.0. The van der Waals surface area contributed by atoms with Crippen molar-refractivity contribution < 1.29 is 13.9 Å². The number of esters is 1. The molecule has 142 valence electrons. The molecule has 0 aliphatic heterocycles. The Morgan fingerprint density at radius 3 is 2.89 bits per heavy atom. The number of carbonyl (C=O) groups is 1. The molecule has 0 radical (unpaired) electrons. The number of furan rings is 1. The first-order chi connectivity index (χ1) is 13.0. The van der Waals surface area contributed by atoms with E-state index >= 15 is 0 Å². The van der Waals surface area contributed by atoms with Gasteiger partial charge in [-0.05, 0) is 37.6 Å². The lowest BCUT2D eigenvalue weighted by Gasteiger charge is -2.12. The number of rotatable bonds is 7. The predicted octanol–water partition coefficient (Wildman–Crippen LogP) is 4.63. The van der Waals surface area contributed by atoms with Crippen LogP contribution in [0.5, 0.6) is 0 Å². The van der Waals surface area contributed by atoms with E-state index in [0.29, 0.717) is 46.3 Å². The standard InChI is InChI=1S/C19H19BrN2O4S/c1-3-8-22-17(23)14-10-12(20)5-6-15(14)21-19(22)27-11-16-13(7-9-26-16)18(24)25-4-2/h5-7,9-10H,3-4,8,11H2,1-2H3. The average Bonchev–Trinajstić information content (AvgIpc) is 3.12. The molecule has 6 nitrogen and oxygen atoms in total. The Labute approximate surface area is 169 Å². The Hall–Kier alpha value is -2.06. The van der Waals surface area contributed by atoms with Gasteiger partial charge in [-0.15, -0.1) is 0 Å². The SMILES string of the molecule is CCCn1c(SCc2occc2C(=O)OCC)nc2ccc(Br)cc2c1=O. The van der Waals surface area contributed by atoms with E-state index < -0.39 is 5.97 Å². The van der Waals surface area contributed by atoms with E-state index in [0.717, 1.165) is 10.9 Å². The molecule has 0 fully saturated rings. The third-order valence-corrected chi connectivity index (χ3v) is 5.37. The normalized spacial score (nSPS) is 11.1. The number of nitrogens with zero attached hydrogens (tertiary/aromatic N) is 2. The van der Waals surface area contributed by atoms with Crippen molar-refractivity contribution in [2.75, 3.05) is 6.61 Å². The monoisotopic (exact) mass is 450 g/mol. The van der Waals surface area contributed by atoms with Gasteiger partial charge >= 0.3 is 5.97 Å². The summed E-state index contributed by atoms with van der Waals surface area (Å²) in [5.74, 6) is 0.468. The Morgan fingerprint density at radius 2 is 2.15 bits per heavy atom. The lowest BCUT2D eigenvalue weighted by molar-refractivity contribution is 0.0524. The van der Waals surface area contributed by atoms with Crippen LogP contribution in [0.15, 0.2) is 49.4 Å². The maximum absolute atomic E-state index is 12.9. The fourth-order valence-corrected chi connectivity index (χ4v) is 4.01. The number of ether oxygens (including phenoxy) is 1. The molecule has 3 rings (SSSR count). The fourth-order valence-electron chi connectivity index (χ4n) is 2.68. The predicted molar refractivity (Wildman–Crippen MR) is 108 cm³/mol. The smallest absolute Gasteiger partial charge is 0.341 e. The lowest BCUT2D eigenvalue weighted by Crippen LogP contribution is -2.23. The molecule has 0 amide bonds. The van der Waals surface area contributed by atoms with E-state index in [2.05, 4.69) is 20.9 Å². The van der Waals surface area contributed by atoms with E-state index in [1.54, 1.807) is 23.6 Å². The Bertz CT molecular complexity index is 1030. The second-order valence-electron chi connectivity index (χ2n) is 5.78. The maximum atomic E-state index is 12.9. The third kappa shape index (κ3) is 4.27. The first-order valence-corrected chi connectivity index (χ1v) is 10.4. The van der Waals surface area contributed by atoms with Gasteiger partial charge in [-0.3, -0.25) is 9.36 Å². The number of fused-ring (bicyclic) bond motifs is 1. The highest BCUT2D eigenvalue weighted by atomic mass is 79.9. The molecule has 2 aromatic heterocycles. The number of benzene rings is 1. The molecular weight excluding hydrogens is 432 g/mol. The molecule has 0 bridgehead atoms. The quantitative estimate of drug-likeness (QED) is 0.296. The highest BCUT2D eigenvalue weighted by Gasteiger charge is 2.18. The Balaban J connectivity index is 1.94. The topological polar surface area (TPSA) is 74.3 Å². The summed E-state index contributed by atoms with van der Waals surface area (Å²) in [5.41, 5.74) is 0.970. The van der Waals surface area contributed by atoms with Crippen LogP contribution in [0.25, 0.3) is 10.9 Å². The van der Waals surface area contributed by atoms with Crippen molar-refractivity contribution >= 4 is 44.6 Å². The summed E-state index contributed by atoms with van der Waals surface area (Å²) >= 11 is 4.77. The van der Waals surface area contributed by atoms with Gasteiger partial charge in [-0.1, -0.05) is 34.6 Å². The highest BCUT2D eigenvalue weighted by Crippen LogP contribution is 2.26. The summed E-state index contributed by atoms with van der Waals surface area (Å²) in [5, 5.41) is 1.18. The highest BCUT2D eigenvalue weighted by molar-refractivity contribution is 9.10. The zero-order valence-corrected chi connectivity index (χ0v) is 17.4. The first kappa shape index (κ1) is 19.7. The third-order valence-electron chi connectivity index (χ3n) is 3.90. The van der Waals surface area contributed by atoms with Crippen LogP contribution < -0.4 is 5.56 Å². The number of carbonyl (C=O) groups excluding carboxylic acids is 1. The molecule has 0 aliphatic carbocycles. The van der Waals surface area contributed by atoms with Crippen molar-refractivity contribution in [2.45, 2.75) is 37.7 Å². The first-order valence-electron chi connectivity index (χ1n) is 8.61. The molecule has 0 unspecified atom stereocenters. The summed E-state index contributed by atoms with van der Waals surface area (Å²) in [4.78, 5) is 29.6. The molecule has 0 aliphatic rings. The largest absolute Gasteiger partial charge is 0.468 e. The number of halogens is 1. The average molecular weight is 451 g/mol. The van der Waals surface area contributed by atoms with Crippen molar-refractivity contribution in [1.82, 2.24) is 9.55 Å². The summed E-state index contributed by atoms with van der Waals surface area (Å²) in [7, 11) is 0. The maximum Gasteiger partial charge on any atom is 0.341 e. The minimum absolute atomic E-state index is 0.0734. The van der Waals surface area contributed by atoms with Crippen molar-refractivity contribution in [1.29, 1.82) is 0 Å². The van der Waals surface area contributed by atoms with Crippen molar-refractivity contribution in [3.63, 3.8) is 0 Å². The molecule has 3 aromatic rings. The van der Waals surface area contributed by atoms with Crippen LogP contribution in [0, 0.1) is 0 Å². The van der Waals surface area contributed by atoms with Crippen molar-refractivity contribution in [3.05, 3.63) is 56.7 Å². The van der Waals surface area contributed by atoms with Gasteiger partial charge in [0, 0.05) is 11.0 Å². The number of hydrogen-bond acceptors (Lipinski definition) is 6. The Morgan fingerprint density at radius 1 is 1.33 bits per heavy atom. The van der Waals surface area contributed by atoms with E-state index in [9.17, 15) is 9.59 Å². The van der Waals surface area contributed by atoms with Gasteiger partial charge in [0.25, 0.3) is 5.56 Å². The van der Waals surface area contributed by atoms with Gasteiger partial charge in [0.05, 0.1) is 29.5 Å². The van der Waals surface area contributed by atoms with Crippen LogP contribution >= 0.6 is 27.7 Å². The number of thioether (sulfide) groups is 1.